The van der Waals surface area contributed by atoms with Crippen molar-refractivity contribution >= 4 is 11.4 Å². The average molecular weight is 1300 g/mol. The van der Waals surface area contributed by atoms with Gasteiger partial charge < -0.3 is 96.2 Å². The molecule has 0 bridgehead atoms. The van der Waals surface area contributed by atoms with Gasteiger partial charge in [-0.05, 0) is 92.9 Å². The number of ether oxygens (including phenoxy) is 15. The van der Waals surface area contributed by atoms with Crippen LogP contribution < -0.4 is 43.0 Å². The van der Waals surface area contributed by atoms with Crippen molar-refractivity contribution in [3.8, 4) is 57.5 Å². The van der Waals surface area contributed by atoms with Crippen molar-refractivity contribution < 1.29 is 104 Å². The monoisotopic (exact) mass is 1300 g/mol. The molecule has 9 rings (SSSR count). The summed E-state index contributed by atoms with van der Waals surface area (Å²) in [7, 11) is 6.13. The summed E-state index contributed by atoms with van der Waals surface area (Å²) in [6.07, 6.45) is 0. The van der Waals surface area contributed by atoms with Crippen molar-refractivity contribution in [3.05, 3.63) is 177 Å². The second-order valence-corrected chi connectivity index (χ2v) is 20.9. The molecule has 2 heterocycles. The molecule has 0 aromatic heterocycles. The number of benzene rings is 7. The number of methoxy groups -OCH3 is 4. The van der Waals surface area contributed by atoms with E-state index in [1.165, 1.54) is 58.8 Å². The highest BCUT2D eigenvalue weighted by Crippen LogP contribution is 2.56. The molecule has 0 radical (unpaired) electrons. The Kier molecular flexibility index (Phi) is 26.0. The van der Waals surface area contributed by atoms with Crippen LogP contribution in [0.15, 0.2) is 115 Å². The number of anilines is 2. The first-order chi connectivity index (χ1) is 45.1. The van der Waals surface area contributed by atoms with Gasteiger partial charge in [0.05, 0.1) is 64.2 Å². The van der Waals surface area contributed by atoms with Crippen LogP contribution in [0, 0.1) is 23.3 Å². The highest BCUT2D eigenvalue weighted by molar-refractivity contribution is 5.69. The van der Waals surface area contributed by atoms with Crippen LogP contribution in [0.1, 0.15) is 66.6 Å². The molecule has 7 aromatic carbocycles. The fourth-order valence-corrected chi connectivity index (χ4v) is 10.4. The van der Waals surface area contributed by atoms with Crippen molar-refractivity contribution in [1.82, 2.24) is 0 Å². The van der Waals surface area contributed by atoms with Gasteiger partial charge in [0.25, 0.3) is 0 Å². The summed E-state index contributed by atoms with van der Waals surface area (Å²) in [5, 5.41) is 36.2. The minimum Gasteiger partial charge on any atom is -0.506 e. The van der Waals surface area contributed by atoms with E-state index in [-0.39, 0.29) is 140 Å². The van der Waals surface area contributed by atoms with Gasteiger partial charge in [0.15, 0.2) is 73.4 Å². The van der Waals surface area contributed by atoms with Crippen molar-refractivity contribution in [2.45, 2.75) is 45.5 Å². The number of halogens is 4. The molecule has 7 aromatic rings. The van der Waals surface area contributed by atoms with E-state index in [9.17, 15) is 15.3 Å². The number of phenols is 1. The first-order valence-corrected chi connectivity index (χ1v) is 30.2. The van der Waals surface area contributed by atoms with Crippen molar-refractivity contribution in [2.24, 2.45) is 0 Å². The third-order valence-corrected chi connectivity index (χ3v) is 15.3. The summed E-state index contributed by atoms with van der Waals surface area (Å²) in [6.45, 7) is 12.2. The van der Waals surface area contributed by atoms with Gasteiger partial charge in [0.1, 0.15) is 52.3 Å². The van der Waals surface area contributed by atoms with Crippen LogP contribution in [0.25, 0.3) is 0 Å². The summed E-state index contributed by atoms with van der Waals surface area (Å²) in [4.78, 5) is 4.06. The van der Waals surface area contributed by atoms with E-state index in [0.29, 0.717) is 69.6 Å². The van der Waals surface area contributed by atoms with Crippen molar-refractivity contribution in [2.75, 3.05) is 144 Å². The molecular formula is C69H80F4N2O18. The third kappa shape index (κ3) is 16.8. The van der Waals surface area contributed by atoms with Crippen LogP contribution in [0.2, 0.25) is 0 Å². The molecule has 0 amide bonds. The lowest BCUT2D eigenvalue weighted by atomic mass is 9.77. The topological polar surface area (TPSA) is 206 Å². The quantitative estimate of drug-likeness (QED) is 0.0192. The number of hydrogen-bond acceptors (Lipinski definition) is 20. The number of aromatic hydroxyl groups is 1. The molecule has 0 atom stereocenters. The van der Waals surface area contributed by atoms with Gasteiger partial charge in [-0.15, -0.1) is 0 Å². The summed E-state index contributed by atoms with van der Waals surface area (Å²) in [5.41, 5.74) is -1.42. The number of fused-ring (bicyclic) bond motifs is 4. The number of hydrogen-bond donors (Lipinski definition) is 3. The molecule has 24 heteroatoms. The molecular weight excluding hydrogens is 1220 g/mol. The van der Waals surface area contributed by atoms with E-state index in [1.54, 1.807) is 24.3 Å². The van der Waals surface area contributed by atoms with Gasteiger partial charge in [-0.1, -0.05) is 42.5 Å². The highest BCUT2D eigenvalue weighted by atomic mass is 19.1. The molecule has 0 unspecified atom stereocenters. The molecule has 93 heavy (non-hydrogen) atoms. The number of rotatable bonds is 35. The molecule has 2 aliphatic rings. The molecule has 2 aliphatic heterocycles. The molecule has 20 nitrogen and oxygen atoms in total. The molecule has 0 spiro atoms. The molecule has 0 aliphatic carbocycles. The SMILES string of the molecule is CCN(CC)c1ccc(C2(O)c3cc(F)c(OCOCCOC)cc3Oc3cc(OCOCCOC)c(F)cc32)cc1O.CCN(CC)c1ccc(C2(O)c3cc(F)c(OCOCCOC)cc3Oc3cc(OCOCCOC)c(F)cc32)cc1OCc1ccccc1. The molecule has 0 saturated carbocycles. The Balaban J connectivity index is 0.000000242. The predicted molar refractivity (Wildman–Crippen MR) is 336 cm³/mol. The maximum Gasteiger partial charge on any atom is 0.189 e. The first-order valence-electron chi connectivity index (χ1n) is 30.2. The van der Waals surface area contributed by atoms with E-state index < -0.39 is 34.5 Å². The predicted octanol–water partition coefficient (Wildman–Crippen LogP) is 11.7. The van der Waals surface area contributed by atoms with Crippen LogP contribution >= 0.6 is 0 Å². The summed E-state index contributed by atoms with van der Waals surface area (Å²) >= 11 is 0. The zero-order valence-electron chi connectivity index (χ0n) is 53.4. The molecule has 3 N–H and O–H groups in total. The minimum atomic E-state index is -2.13. The smallest absolute Gasteiger partial charge is 0.189 e. The Hall–Kier alpha value is -8.14. The zero-order chi connectivity index (χ0) is 66.5. The van der Waals surface area contributed by atoms with Gasteiger partial charge >= 0.3 is 0 Å². The molecule has 0 saturated heterocycles. The van der Waals surface area contributed by atoms with Crippen LogP contribution in [-0.4, -0.2) is 150 Å². The number of phenolic OH excluding ortho intramolecular Hbond substituents is 1. The van der Waals surface area contributed by atoms with Crippen molar-refractivity contribution in [1.29, 1.82) is 0 Å². The van der Waals surface area contributed by atoms with Crippen LogP contribution in [0.3, 0.4) is 0 Å². The Morgan fingerprint density at radius 2 is 0.720 bits per heavy atom. The largest absolute Gasteiger partial charge is 0.506 e. The first kappa shape index (κ1) is 70.7. The Morgan fingerprint density at radius 3 is 1.05 bits per heavy atom. The lowest BCUT2D eigenvalue weighted by Crippen LogP contribution is -2.33. The second-order valence-electron chi connectivity index (χ2n) is 20.9. The van der Waals surface area contributed by atoms with Crippen LogP contribution in [0.5, 0.6) is 57.5 Å². The van der Waals surface area contributed by atoms with Crippen LogP contribution in [0.4, 0.5) is 28.9 Å². The fourth-order valence-electron chi connectivity index (χ4n) is 10.4. The minimum absolute atomic E-state index is 0.0175. The molecule has 0 fully saturated rings. The van der Waals surface area contributed by atoms with E-state index in [2.05, 4.69) is 4.90 Å². The summed E-state index contributed by atoms with van der Waals surface area (Å²) in [6, 6.07) is 29.2. The lowest BCUT2D eigenvalue weighted by Gasteiger charge is -2.37. The van der Waals surface area contributed by atoms with E-state index >= 15 is 17.6 Å². The average Bonchev–Trinajstić information content (AvgIpc) is 0.728. The Bertz CT molecular complexity index is 3400. The lowest BCUT2D eigenvalue weighted by molar-refractivity contribution is -0.0105. The number of nitrogens with zero attached hydrogens (tertiary/aromatic N) is 2. The van der Waals surface area contributed by atoms with E-state index in [1.807, 2.05) is 69.0 Å². The second kappa shape index (κ2) is 34.1. The molecule has 502 valence electrons. The standard InChI is InChI=1S/C38H43F2NO9.C31H37F2NO9/c1-5-41(6-2)32-13-12-27(18-37(32)47-23-26-10-8-7-9-11-26)38(42)28-19-30(39)35(48-24-45-16-14-43-3)21-33(28)50-34-22-36(31(40)20-29(34)38)49-25-46-17-15-44-4;1-5-34(6-2)25-8-7-20(13-26(25)35)31(36)21-14-23(32)29(41-18-39-11-9-37-3)16-27(21)43-28-17-30(24(33)15-22(28)31)42-19-40-12-10-38-4/h7-13,18-22,42H,5-6,14-17,23-25H2,1-4H3;7-8,13-17,35-36H,5-6,9-12,18-19H2,1-4H3. The van der Waals surface area contributed by atoms with E-state index in [4.69, 9.17) is 71.1 Å². The number of aliphatic hydroxyl groups is 2. The Morgan fingerprint density at radius 1 is 0.387 bits per heavy atom. The van der Waals surface area contributed by atoms with Gasteiger partial charge in [0.2, 0.25) is 0 Å². The third-order valence-electron chi connectivity index (χ3n) is 15.3. The fraction of sp³-hybridized carbons (Fsp3) is 0.391. The van der Waals surface area contributed by atoms with Crippen LogP contribution in [-0.2, 0) is 55.7 Å². The normalized spacial score (nSPS) is 13.0. The van der Waals surface area contributed by atoms with Gasteiger partial charge in [-0.25, -0.2) is 17.6 Å². The maximum absolute atomic E-state index is 15.7. The highest BCUT2D eigenvalue weighted by Gasteiger charge is 2.46. The van der Waals surface area contributed by atoms with Gasteiger partial charge in [-0.3, -0.25) is 0 Å². The van der Waals surface area contributed by atoms with E-state index in [0.717, 1.165) is 35.5 Å². The van der Waals surface area contributed by atoms with Gasteiger partial charge in [-0.2, -0.15) is 0 Å². The zero-order valence-corrected chi connectivity index (χ0v) is 53.4. The van der Waals surface area contributed by atoms with Crippen molar-refractivity contribution in [3.63, 3.8) is 0 Å². The van der Waals surface area contributed by atoms with Gasteiger partial charge in [0, 0.05) is 101 Å². The summed E-state index contributed by atoms with van der Waals surface area (Å²) < 4.78 is 144. The summed E-state index contributed by atoms with van der Waals surface area (Å²) in [5.74, 6) is -3.24. The maximum atomic E-state index is 15.7. The Labute approximate surface area is 538 Å².